The van der Waals surface area contributed by atoms with Gasteiger partial charge in [-0.25, -0.2) is 0 Å². The molecule has 0 fully saturated rings. The van der Waals surface area contributed by atoms with Crippen LogP contribution in [-0.4, -0.2) is 27.2 Å². The minimum Gasteiger partial charge on any atom is -0.497 e. The summed E-state index contributed by atoms with van der Waals surface area (Å²) in [5.74, 6) is 1.92. The molecule has 2 aromatic rings. The largest absolute Gasteiger partial charge is 0.497 e. The number of nitrogens with one attached hydrogen (secondary N) is 1. The van der Waals surface area contributed by atoms with Crippen molar-refractivity contribution in [1.82, 2.24) is 5.32 Å². The second-order valence-corrected chi connectivity index (χ2v) is 5.01. The van der Waals surface area contributed by atoms with Gasteiger partial charge in [-0.15, -0.1) is 0 Å². The van der Waals surface area contributed by atoms with E-state index in [1.165, 1.54) is 6.08 Å². The lowest BCUT2D eigenvalue weighted by Crippen LogP contribution is -2.20. The Bertz CT molecular complexity index is 725. The average Bonchev–Trinajstić information content (AvgIpc) is 2.64. The van der Waals surface area contributed by atoms with E-state index in [-0.39, 0.29) is 5.91 Å². The van der Waals surface area contributed by atoms with Crippen LogP contribution in [0.3, 0.4) is 0 Å². The van der Waals surface area contributed by atoms with E-state index in [9.17, 15) is 4.79 Å². The smallest absolute Gasteiger partial charge is 0.244 e. The maximum Gasteiger partial charge on any atom is 0.244 e. The molecule has 0 saturated heterocycles. The third kappa shape index (κ3) is 4.78. The molecular formula is C19H21NO4. The lowest BCUT2D eigenvalue weighted by atomic mass is 10.1. The van der Waals surface area contributed by atoms with Crippen LogP contribution in [0, 0.1) is 0 Å². The first kappa shape index (κ1) is 17.4. The summed E-state index contributed by atoms with van der Waals surface area (Å²) in [4.78, 5) is 12.0. The minimum atomic E-state index is -0.185. The van der Waals surface area contributed by atoms with Gasteiger partial charge in [0.15, 0.2) is 0 Å². The molecule has 2 aromatic carbocycles. The summed E-state index contributed by atoms with van der Waals surface area (Å²) in [6, 6.07) is 13.0. The first-order valence-corrected chi connectivity index (χ1v) is 7.47. The Morgan fingerprint density at radius 2 is 1.75 bits per heavy atom. The lowest BCUT2D eigenvalue weighted by Gasteiger charge is -2.07. The van der Waals surface area contributed by atoms with Gasteiger partial charge >= 0.3 is 0 Å². The molecule has 0 bridgehead atoms. The van der Waals surface area contributed by atoms with Gasteiger partial charge in [0.1, 0.15) is 17.2 Å². The maximum atomic E-state index is 12.0. The van der Waals surface area contributed by atoms with Gasteiger partial charge in [-0.1, -0.05) is 12.1 Å². The summed E-state index contributed by atoms with van der Waals surface area (Å²) in [5, 5.41) is 2.83. The van der Waals surface area contributed by atoms with Crippen molar-refractivity contribution in [1.29, 1.82) is 0 Å². The lowest BCUT2D eigenvalue weighted by molar-refractivity contribution is -0.116. The first-order valence-electron chi connectivity index (χ1n) is 7.47. The zero-order valence-corrected chi connectivity index (χ0v) is 14.0. The summed E-state index contributed by atoms with van der Waals surface area (Å²) in [6.07, 6.45) is 3.18. The average molecular weight is 327 g/mol. The number of benzene rings is 2. The van der Waals surface area contributed by atoms with E-state index in [4.69, 9.17) is 14.2 Å². The van der Waals surface area contributed by atoms with Gasteiger partial charge in [-0.2, -0.15) is 0 Å². The summed E-state index contributed by atoms with van der Waals surface area (Å²) in [7, 11) is 4.79. The van der Waals surface area contributed by atoms with Crippen molar-refractivity contribution in [3.8, 4) is 17.2 Å². The highest BCUT2D eigenvalue weighted by atomic mass is 16.5. The molecule has 5 heteroatoms. The van der Waals surface area contributed by atoms with Crippen molar-refractivity contribution < 1.29 is 19.0 Å². The highest BCUT2D eigenvalue weighted by molar-refractivity contribution is 5.92. The minimum absolute atomic E-state index is 0.185. The molecule has 2 rings (SSSR count). The zero-order valence-electron chi connectivity index (χ0n) is 14.0. The summed E-state index contributed by atoms with van der Waals surface area (Å²) in [5.41, 5.74) is 1.77. The summed E-state index contributed by atoms with van der Waals surface area (Å²) in [6.45, 7) is 0.431. The third-order valence-electron chi connectivity index (χ3n) is 3.46. The van der Waals surface area contributed by atoms with E-state index >= 15 is 0 Å². The van der Waals surface area contributed by atoms with Crippen molar-refractivity contribution in [2.24, 2.45) is 0 Å². The molecule has 0 aliphatic heterocycles. The summed E-state index contributed by atoms with van der Waals surface area (Å²) < 4.78 is 15.6. The fraction of sp³-hybridized carbons (Fsp3) is 0.211. The van der Waals surface area contributed by atoms with Crippen LogP contribution < -0.4 is 19.5 Å². The van der Waals surface area contributed by atoms with E-state index < -0.39 is 0 Å². The number of carbonyl (C=O) groups is 1. The molecular weight excluding hydrogens is 306 g/mol. The second-order valence-electron chi connectivity index (χ2n) is 5.01. The van der Waals surface area contributed by atoms with Crippen LogP contribution in [-0.2, 0) is 11.3 Å². The van der Waals surface area contributed by atoms with Crippen LogP contribution in [0.2, 0.25) is 0 Å². The molecule has 0 atom stereocenters. The fourth-order valence-electron chi connectivity index (χ4n) is 2.15. The number of hydrogen-bond donors (Lipinski definition) is 1. The number of hydrogen-bond acceptors (Lipinski definition) is 4. The molecule has 1 amide bonds. The maximum absolute atomic E-state index is 12.0. The van der Waals surface area contributed by atoms with Crippen molar-refractivity contribution in [2.45, 2.75) is 6.54 Å². The molecule has 0 spiro atoms. The van der Waals surface area contributed by atoms with Crippen LogP contribution >= 0.6 is 0 Å². The Hall–Kier alpha value is -2.95. The Morgan fingerprint density at radius 3 is 2.46 bits per heavy atom. The van der Waals surface area contributed by atoms with Crippen molar-refractivity contribution in [3.63, 3.8) is 0 Å². The summed E-state index contributed by atoms with van der Waals surface area (Å²) >= 11 is 0. The standard InChI is InChI=1S/C19H21NO4/c1-22-16-6-4-5-14(11-16)13-20-19(21)10-8-15-7-9-17(23-2)12-18(15)24-3/h4-12H,13H2,1-3H3,(H,20,21)/b10-8+. The molecule has 0 heterocycles. The van der Waals surface area contributed by atoms with Crippen molar-refractivity contribution in [2.75, 3.05) is 21.3 Å². The number of amides is 1. The Balaban J connectivity index is 1.97. The van der Waals surface area contributed by atoms with Gasteiger partial charge < -0.3 is 19.5 Å². The second kappa shape index (κ2) is 8.62. The van der Waals surface area contributed by atoms with Crippen LogP contribution in [0.15, 0.2) is 48.5 Å². The molecule has 24 heavy (non-hydrogen) atoms. The zero-order chi connectivity index (χ0) is 17.4. The normalized spacial score (nSPS) is 10.5. The fourth-order valence-corrected chi connectivity index (χ4v) is 2.15. The number of methoxy groups -OCH3 is 3. The number of rotatable bonds is 7. The van der Waals surface area contributed by atoms with Crippen molar-refractivity contribution in [3.05, 3.63) is 59.7 Å². The quantitative estimate of drug-likeness (QED) is 0.794. The molecule has 0 aromatic heterocycles. The van der Waals surface area contributed by atoms with Crippen molar-refractivity contribution >= 4 is 12.0 Å². The predicted octanol–water partition coefficient (Wildman–Crippen LogP) is 3.04. The molecule has 0 unspecified atom stereocenters. The molecule has 0 radical (unpaired) electrons. The highest BCUT2D eigenvalue weighted by Gasteiger charge is 2.03. The van der Waals surface area contributed by atoms with E-state index in [2.05, 4.69) is 5.32 Å². The first-order chi connectivity index (χ1) is 11.7. The Morgan fingerprint density at radius 1 is 1.00 bits per heavy atom. The van der Waals surface area contributed by atoms with Crippen LogP contribution in [0.5, 0.6) is 17.2 Å². The number of carbonyl (C=O) groups excluding carboxylic acids is 1. The Kier molecular flexibility index (Phi) is 6.25. The molecule has 1 N–H and O–H groups in total. The van der Waals surface area contributed by atoms with Crippen LogP contribution in [0.25, 0.3) is 6.08 Å². The monoisotopic (exact) mass is 327 g/mol. The SMILES string of the molecule is COc1cccc(CNC(=O)/C=C/c2ccc(OC)cc2OC)c1. The number of ether oxygens (including phenoxy) is 3. The molecule has 126 valence electrons. The van der Waals surface area contributed by atoms with Crippen LogP contribution in [0.4, 0.5) is 0 Å². The van der Waals surface area contributed by atoms with Gasteiger partial charge in [0.05, 0.1) is 21.3 Å². The third-order valence-corrected chi connectivity index (χ3v) is 3.46. The van der Waals surface area contributed by atoms with E-state index in [0.717, 1.165) is 16.9 Å². The van der Waals surface area contributed by atoms with Gasteiger partial charge in [-0.05, 0) is 35.9 Å². The van der Waals surface area contributed by atoms with E-state index in [0.29, 0.717) is 18.0 Å². The van der Waals surface area contributed by atoms with E-state index in [1.54, 1.807) is 33.5 Å². The van der Waals surface area contributed by atoms with Gasteiger partial charge in [0.25, 0.3) is 0 Å². The molecule has 0 aliphatic carbocycles. The van der Waals surface area contributed by atoms with Crippen LogP contribution in [0.1, 0.15) is 11.1 Å². The van der Waals surface area contributed by atoms with Gasteiger partial charge in [0.2, 0.25) is 5.91 Å². The molecule has 0 aliphatic rings. The molecule has 0 saturated carbocycles. The molecule has 5 nitrogen and oxygen atoms in total. The van der Waals surface area contributed by atoms with E-state index in [1.807, 2.05) is 36.4 Å². The predicted molar refractivity (Wildman–Crippen MR) is 93.4 cm³/mol. The highest BCUT2D eigenvalue weighted by Crippen LogP contribution is 2.25. The van der Waals surface area contributed by atoms with Gasteiger partial charge in [0, 0.05) is 24.3 Å². The Labute approximate surface area is 141 Å². The van der Waals surface area contributed by atoms with Gasteiger partial charge in [-0.3, -0.25) is 4.79 Å². The topological polar surface area (TPSA) is 56.8 Å².